The lowest BCUT2D eigenvalue weighted by Crippen LogP contribution is -2.15. The summed E-state index contributed by atoms with van der Waals surface area (Å²) in [7, 11) is 0. The van der Waals surface area contributed by atoms with E-state index in [9.17, 15) is 4.79 Å². The second kappa shape index (κ2) is 4.97. The molecule has 5 nitrogen and oxygen atoms in total. The molecule has 0 aliphatic carbocycles. The first-order chi connectivity index (χ1) is 8.13. The Hall–Kier alpha value is -1.88. The molecule has 6 heteroatoms. The molecule has 88 valence electrons. The fourth-order valence-electron chi connectivity index (χ4n) is 1.40. The van der Waals surface area contributed by atoms with Crippen LogP contribution in [0.4, 0.5) is 5.95 Å². The number of aromatic amines is 1. The van der Waals surface area contributed by atoms with Gasteiger partial charge >= 0.3 is 0 Å². The minimum atomic E-state index is -0.175. The van der Waals surface area contributed by atoms with Crippen molar-refractivity contribution in [2.45, 2.75) is 13.3 Å². The third kappa shape index (κ3) is 3.29. The number of aromatic nitrogens is 3. The molecule has 2 rings (SSSR count). The first-order valence-electron chi connectivity index (χ1n) is 5.07. The highest BCUT2D eigenvalue weighted by Crippen LogP contribution is 2.11. The predicted octanol–water partition coefficient (Wildman–Crippen LogP) is 1.95. The van der Waals surface area contributed by atoms with Crippen LogP contribution in [0, 0.1) is 6.92 Å². The molecule has 0 unspecified atom stereocenters. The minimum Gasteiger partial charge on any atom is -0.293 e. The Kier molecular flexibility index (Phi) is 3.39. The van der Waals surface area contributed by atoms with E-state index in [1.807, 2.05) is 12.1 Å². The van der Waals surface area contributed by atoms with E-state index in [0.717, 1.165) is 5.56 Å². The smallest absolute Gasteiger partial charge is 0.248 e. The number of benzene rings is 1. The molecule has 0 fully saturated rings. The molecule has 0 aliphatic rings. The second-order valence-electron chi connectivity index (χ2n) is 3.60. The van der Waals surface area contributed by atoms with Gasteiger partial charge in [-0.2, -0.15) is 4.98 Å². The number of aryl methyl sites for hydroxylation is 1. The molecule has 17 heavy (non-hydrogen) atoms. The van der Waals surface area contributed by atoms with Crippen molar-refractivity contribution in [2.24, 2.45) is 0 Å². The Morgan fingerprint density at radius 2 is 2.35 bits per heavy atom. The summed E-state index contributed by atoms with van der Waals surface area (Å²) in [6.45, 7) is 1.76. The third-order valence-electron chi connectivity index (χ3n) is 2.10. The molecular formula is C11H11ClN4O. The number of carbonyl (C=O) groups is 1. The standard InChI is InChI=1S/C11H11ClN4O/c1-7-13-11(16-15-7)14-10(17)6-8-3-2-4-9(12)5-8/h2-5H,6H2,1H3,(H2,13,14,15,16,17). The summed E-state index contributed by atoms with van der Waals surface area (Å²) in [6, 6.07) is 7.17. The monoisotopic (exact) mass is 250 g/mol. The van der Waals surface area contributed by atoms with Crippen molar-refractivity contribution in [1.29, 1.82) is 0 Å². The Bertz CT molecular complexity index is 538. The molecule has 0 atom stereocenters. The molecule has 0 saturated carbocycles. The lowest BCUT2D eigenvalue weighted by atomic mass is 10.1. The zero-order chi connectivity index (χ0) is 12.3. The van der Waals surface area contributed by atoms with E-state index in [-0.39, 0.29) is 18.3 Å². The summed E-state index contributed by atoms with van der Waals surface area (Å²) in [5.74, 6) is 0.767. The number of anilines is 1. The number of hydrogen-bond donors (Lipinski definition) is 2. The van der Waals surface area contributed by atoms with E-state index in [2.05, 4.69) is 20.5 Å². The normalized spacial score (nSPS) is 10.2. The maximum atomic E-state index is 11.7. The Labute approximate surface area is 103 Å². The minimum absolute atomic E-state index is 0.175. The summed E-state index contributed by atoms with van der Waals surface area (Å²) < 4.78 is 0. The topological polar surface area (TPSA) is 70.7 Å². The third-order valence-corrected chi connectivity index (χ3v) is 2.34. The molecule has 1 heterocycles. The number of hydrogen-bond acceptors (Lipinski definition) is 3. The molecule has 1 amide bonds. The van der Waals surface area contributed by atoms with Crippen LogP contribution in [-0.4, -0.2) is 21.1 Å². The van der Waals surface area contributed by atoms with Gasteiger partial charge in [-0.1, -0.05) is 23.7 Å². The molecule has 1 aromatic carbocycles. The van der Waals surface area contributed by atoms with Crippen molar-refractivity contribution in [3.05, 3.63) is 40.7 Å². The van der Waals surface area contributed by atoms with Crippen LogP contribution in [0.2, 0.25) is 5.02 Å². The fraction of sp³-hybridized carbons (Fsp3) is 0.182. The van der Waals surface area contributed by atoms with Gasteiger partial charge in [0.15, 0.2) is 0 Å². The van der Waals surface area contributed by atoms with Crippen LogP contribution in [0.15, 0.2) is 24.3 Å². The van der Waals surface area contributed by atoms with E-state index < -0.39 is 0 Å². The molecule has 1 aromatic heterocycles. The van der Waals surface area contributed by atoms with Crippen LogP contribution < -0.4 is 5.32 Å². The highest BCUT2D eigenvalue weighted by molar-refractivity contribution is 6.30. The average molecular weight is 251 g/mol. The van der Waals surface area contributed by atoms with Gasteiger partial charge in [-0.15, -0.1) is 5.10 Å². The van der Waals surface area contributed by atoms with Crippen molar-refractivity contribution in [3.8, 4) is 0 Å². The number of rotatable bonds is 3. The van der Waals surface area contributed by atoms with E-state index in [1.165, 1.54) is 0 Å². The summed E-state index contributed by atoms with van der Waals surface area (Å²) >= 11 is 5.83. The number of halogens is 1. The summed E-state index contributed by atoms with van der Waals surface area (Å²) in [6.07, 6.45) is 0.244. The predicted molar refractivity (Wildman–Crippen MR) is 64.9 cm³/mol. The summed E-state index contributed by atoms with van der Waals surface area (Å²) in [5, 5.41) is 9.68. The molecule has 0 saturated heterocycles. The molecule has 2 N–H and O–H groups in total. The maximum absolute atomic E-state index is 11.7. The lowest BCUT2D eigenvalue weighted by molar-refractivity contribution is -0.115. The number of carbonyl (C=O) groups excluding carboxylic acids is 1. The first kappa shape index (κ1) is 11.6. The Morgan fingerprint density at radius 1 is 1.53 bits per heavy atom. The maximum Gasteiger partial charge on any atom is 0.248 e. The molecular weight excluding hydrogens is 240 g/mol. The molecule has 2 aromatic rings. The SMILES string of the molecule is Cc1nc(NC(=O)Cc2cccc(Cl)c2)n[nH]1. The van der Waals surface area contributed by atoms with Gasteiger partial charge in [0.1, 0.15) is 5.82 Å². The van der Waals surface area contributed by atoms with Gasteiger partial charge in [0.25, 0.3) is 0 Å². The summed E-state index contributed by atoms with van der Waals surface area (Å²) in [5.41, 5.74) is 0.849. The quantitative estimate of drug-likeness (QED) is 0.875. The van der Waals surface area contributed by atoms with Crippen molar-refractivity contribution in [3.63, 3.8) is 0 Å². The zero-order valence-electron chi connectivity index (χ0n) is 9.20. The van der Waals surface area contributed by atoms with Crippen molar-refractivity contribution in [2.75, 3.05) is 5.32 Å². The zero-order valence-corrected chi connectivity index (χ0v) is 9.95. The number of nitrogens with zero attached hydrogens (tertiary/aromatic N) is 2. The fourth-order valence-corrected chi connectivity index (χ4v) is 1.61. The summed E-state index contributed by atoms with van der Waals surface area (Å²) in [4.78, 5) is 15.6. The average Bonchev–Trinajstić information content (AvgIpc) is 2.63. The van der Waals surface area contributed by atoms with Crippen LogP contribution in [-0.2, 0) is 11.2 Å². The Morgan fingerprint density at radius 3 is 3.00 bits per heavy atom. The lowest BCUT2D eigenvalue weighted by Gasteiger charge is -2.01. The Balaban J connectivity index is 1.98. The van der Waals surface area contributed by atoms with E-state index in [1.54, 1.807) is 19.1 Å². The number of nitrogens with one attached hydrogen (secondary N) is 2. The van der Waals surface area contributed by atoms with E-state index in [0.29, 0.717) is 10.8 Å². The van der Waals surface area contributed by atoms with Gasteiger partial charge in [-0.3, -0.25) is 15.2 Å². The van der Waals surface area contributed by atoms with Crippen molar-refractivity contribution < 1.29 is 4.79 Å². The van der Waals surface area contributed by atoms with Gasteiger partial charge in [0, 0.05) is 5.02 Å². The van der Waals surface area contributed by atoms with Crippen molar-refractivity contribution in [1.82, 2.24) is 15.2 Å². The van der Waals surface area contributed by atoms with Gasteiger partial charge in [0.2, 0.25) is 11.9 Å². The molecule has 0 aliphatic heterocycles. The molecule has 0 spiro atoms. The first-order valence-corrected chi connectivity index (χ1v) is 5.44. The van der Waals surface area contributed by atoms with Crippen molar-refractivity contribution >= 4 is 23.5 Å². The molecule has 0 bridgehead atoms. The molecule has 0 radical (unpaired) electrons. The van der Waals surface area contributed by atoms with Gasteiger partial charge in [-0.25, -0.2) is 0 Å². The van der Waals surface area contributed by atoms with E-state index in [4.69, 9.17) is 11.6 Å². The van der Waals surface area contributed by atoms with Crippen LogP contribution in [0.5, 0.6) is 0 Å². The highest BCUT2D eigenvalue weighted by Gasteiger charge is 2.07. The van der Waals surface area contributed by atoms with Crippen LogP contribution >= 0.6 is 11.6 Å². The number of H-pyrrole nitrogens is 1. The largest absolute Gasteiger partial charge is 0.293 e. The van der Waals surface area contributed by atoms with Crippen LogP contribution in [0.3, 0.4) is 0 Å². The van der Waals surface area contributed by atoms with E-state index >= 15 is 0 Å². The van der Waals surface area contributed by atoms with Gasteiger partial charge < -0.3 is 0 Å². The van der Waals surface area contributed by atoms with Gasteiger partial charge in [0.05, 0.1) is 6.42 Å². The highest BCUT2D eigenvalue weighted by atomic mass is 35.5. The van der Waals surface area contributed by atoms with Crippen LogP contribution in [0.25, 0.3) is 0 Å². The van der Waals surface area contributed by atoms with Crippen LogP contribution in [0.1, 0.15) is 11.4 Å². The second-order valence-corrected chi connectivity index (χ2v) is 4.04. The van der Waals surface area contributed by atoms with Gasteiger partial charge in [-0.05, 0) is 24.6 Å². The number of amides is 1.